The van der Waals surface area contributed by atoms with E-state index in [2.05, 4.69) is 10.3 Å². The van der Waals surface area contributed by atoms with Crippen LogP contribution >= 0.6 is 11.3 Å². The standard InChI is InChI=1S/C7H10N2S/c1-2-6(8-3-1)7-9-4-5-10-7/h4-6,8H,1-3H2/t6-/m0/s1. The summed E-state index contributed by atoms with van der Waals surface area (Å²) in [6.45, 7) is 1.16. The van der Waals surface area contributed by atoms with E-state index in [0.29, 0.717) is 6.04 Å². The molecule has 0 aliphatic carbocycles. The maximum atomic E-state index is 4.25. The molecule has 0 unspecified atom stereocenters. The fourth-order valence-electron chi connectivity index (χ4n) is 1.30. The predicted molar refractivity (Wildman–Crippen MR) is 42.1 cm³/mol. The molecule has 1 aromatic heterocycles. The molecular weight excluding hydrogens is 144 g/mol. The lowest BCUT2D eigenvalue weighted by atomic mass is 10.2. The van der Waals surface area contributed by atoms with Gasteiger partial charge in [0, 0.05) is 11.6 Å². The number of thiazole rings is 1. The summed E-state index contributed by atoms with van der Waals surface area (Å²) in [7, 11) is 0. The summed E-state index contributed by atoms with van der Waals surface area (Å²) in [5, 5.41) is 6.69. The quantitative estimate of drug-likeness (QED) is 0.664. The Morgan fingerprint density at radius 1 is 1.70 bits per heavy atom. The van der Waals surface area contributed by atoms with Gasteiger partial charge in [-0.25, -0.2) is 4.98 Å². The van der Waals surface area contributed by atoms with Crippen LogP contribution in [0.4, 0.5) is 0 Å². The van der Waals surface area contributed by atoms with E-state index in [1.165, 1.54) is 17.8 Å². The van der Waals surface area contributed by atoms with Gasteiger partial charge in [-0.1, -0.05) is 0 Å². The van der Waals surface area contributed by atoms with E-state index in [0.717, 1.165) is 6.54 Å². The summed E-state index contributed by atoms with van der Waals surface area (Å²) >= 11 is 1.75. The third-order valence-electron chi connectivity index (χ3n) is 1.81. The first-order valence-corrected chi connectivity index (χ1v) is 4.47. The number of hydrogen-bond donors (Lipinski definition) is 1. The molecule has 0 amide bonds. The molecular formula is C7H10N2S. The van der Waals surface area contributed by atoms with Crippen LogP contribution in [0.1, 0.15) is 23.9 Å². The van der Waals surface area contributed by atoms with Crippen molar-refractivity contribution in [2.75, 3.05) is 6.54 Å². The van der Waals surface area contributed by atoms with Crippen molar-refractivity contribution < 1.29 is 0 Å². The van der Waals surface area contributed by atoms with Gasteiger partial charge in [0.2, 0.25) is 0 Å². The van der Waals surface area contributed by atoms with Crippen molar-refractivity contribution in [3.8, 4) is 0 Å². The average Bonchev–Trinajstić information content (AvgIpc) is 2.59. The van der Waals surface area contributed by atoms with Gasteiger partial charge in [-0.3, -0.25) is 0 Å². The van der Waals surface area contributed by atoms with Crippen molar-refractivity contribution in [3.63, 3.8) is 0 Å². The number of nitrogens with zero attached hydrogens (tertiary/aromatic N) is 1. The molecule has 54 valence electrons. The molecule has 1 saturated heterocycles. The zero-order valence-corrected chi connectivity index (χ0v) is 6.53. The molecule has 2 heterocycles. The van der Waals surface area contributed by atoms with Gasteiger partial charge in [-0.15, -0.1) is 11.3 Å². The number of aromatic nitrogens is 1. The van der Waals surface area contributed by atoms with E-state index < -0.39 is 0 Å². The van der Waals surface area contributed by atoms with Crippen LogP contribution in [0.3, 0.4) is 0 Å². The first-order chi connectivity index (χ1) is 4.97. The fourth-order valence-corrected chi connectivity index (χ4v) is 2.05. The Balaban J connectivity index is 2.12. The van der Waals surface area contributed by atoms with Crippen molar-refractivity contribution in [1.82, 2.24) is 10.3 Å². The first kappa shape index (κ1) is 6.31. The highest BCUT2D eigenvalue weighted by Gasteiger charge is 2.17. The van der Waals surface area contributed by atoms with Crippen LogP contribution in [0.25, 0.3) is 0 Å². The van der Waals surface area contributed by atoms with E-state index >= 15 is 0 Å². The van der Waals surface area contributed by atoms with Gasteiger partial charge in [-0.2, -0.15) is 0 Å². The van der Waals surface area contributed by atoms with Crippen molar-refractivity contribution in [3.05, 3.63) is 16.6 Å². The minimum Gasteiger partial charge on any atom is -0.308 e. The Morgan fingerprint density at radius 2 is 2.70 bits per heavy atom. The van der Waals surface area contributed by atoms with Crippen LogP contribution in [0, 0.1) is 0 Å². The van der Waals surface area contributed by atoms with Gasteiger partial charge in [0.15, 0.2) is 0 Å². The van der Waals surface area contributed by atoms with E-state index in [4.69, 9.17) is 0 Å². The summed E-state index contributed by atoms with van der Waals surface area (Å²) < 4.78 is 0. The fraction of sp³-hybridized carbons (Fsp3) is 0.571. The Morgan fingerprint density at radius 3 is 3.30 bits per heavy atom. The Labute approximate surface area is 64.3 Å². The van der Waals surface area contributed by atoms with Gasteiger partial charge in [0.1, 0.15) is 5.01 Å². The smallest absolute Gasteiger partial charge is 0.109 e. The van der Waals surface area contributed by atoms with Gasteiger partial charge in [-0.05, 0) is 19.4 Å². The largest absolute Gasteiger partial charge is 0.308 e. The topological polar surface area (TPSA) is 24.9 Å². The molecule has 0 spiro atoms. The second-order valence-electron chi connectivity index (χ2n) is 2.52. The van der Waals surface area contributed by atoms with Gasteiger partial charge < -0.3 is 5.32 Å². The van der Waals surface area contributed by atoms with Crippen LogP contribution in [-0.2, 0) is 0 Å². The molecule has 1 aromatic rings. The molecule has 2 nitrogen and oxygen atoms in total. The molecule has 1 N–H and O–H groups in total. The zero-order chi connectivity index (χ0) is 6.81. The normalized spacial score (nSPS) is 25.4. The monoisotopic (exact) mass is 154 g/mol. The molecule has 1 aliphatic heterocycles. The SMILES string of the molecule is c1csc([C@@H]2CCCN2)n1. The van der Waals surface area contributed by atoms with Crippen LogP contribution < -0.4 is 5.32 Å². The molecule has 0 saturated carbocycles. The molecule has 0 aromatic carbocycles. The molecule has 0 radical (unpaired) electrons. The molecule has 1 aliphatic rings. The number of nitrogens with one attached hydrogen (secondary N) is 1. The van der Waals surface area contributed by atoms with Crippen LogP contribution in [0.5, 0.6) is 0 Å². The minimum atomic E-state index is 0.556. The van der Waals surface area contributed by atoms with E-state index in [9.17, 15) is 0 Å². The molecule has 3 heteroatoms. The maximum Gasteiger partial charge on any atom is 0.109 e. The molecule has 2 rings (SSSR count). The predicted octanol–water partition coefficient (Wildman–Crippen LogP) is 1.57. The highest BCUT2D eigenvalue weighted by Crippen LogP contribution is 2.23. The third-order valence-corrected chi connectivity index (χ3v) is 2.70. The third kappa shape index (κ3) is 1.07. The Hall–Kier alpha value is -0.410. The van der Waals surface area contributed by atoms with Gasteiger partial charge >= 0.3 is 0 Å². The second kappa shape index (κ2) is 2.68. The lowest BCUT2D eigenvalue weighted by molar-refractivity contribution is 0.643. The second-order valence-corrected chi connectivity index (χ2v) is 3.45. The Bertz CT molecular complexity index is 189. The lowest BCUT2D eigenvalue weighted by Gasteiger charge is -2.03. The zero-order valence-electron chi connectivity index (χ0n) is 5.71. The molecule has 10 heavy (non-hydrogen) atoms. The summed E-state index contributed by atoms with van der Waals surface area (Å²) in [5.74, 6) is 0. The Kier molecular flexibility index (Phi) is 1.69. The van der Waals surface area contributed by atoms with Gasteiger partial charge in [0.05, 0.1) is 6.04 Å². The molecule has 1 fully saturated rings. The van der Waals surface area contributed by atoms with Crippen molar-refractivity contribution in [2.45, 2.75) is 18.9 Å². The first-order valence-electron chi connectivity index (χ1n) is 3.59. The summed E-state index contributed by atoms with van der Waals surface area (Å²) in [6, 6.07) is 0.556. The molecule has 1 atom stereocenters. The number of rotatable bonds is 1. The molecule has 0 bridgehead atoms. The van der Waals surface area contributed by atoms with E-state index in [-0.39, 0.29) is 0 Å². The van der Waals surface area contributed by atoms with E-state index in [1.54, 1.807) is 11.3 Å². The summed E-state index contributed by atoms with van der Waals surface area (Å²) in [5.41, 5.74) is 0. The van der Waals surface area contributed by atoms with Crippen LogP contribution in [-0.4, -0.2) is 11.5 Å². The highest BCUT2D eigenvalue weighted by molar-refractivity contribution is 7.09. The van der Waals surface area contributed by atoms with Crippen LogP contribution in [0.15, 0.2) is 11.6 Å². The summed E-state index contributed by atoms with van der Waals surface area (Å²) in [6.07, 6.45) is 4.43. The highest BCUT2D eigenvalue weighted by atomic mass is 32.1. The lowest BCUT2D eigenvalue weighted by Crippen LogP contribution is -2.12. The van der Waals surface area contributed by atoms with Crippen LogP contribution in [0.2, 0.25) is 0 Å². The average molecular weight is 154 g/mol. The van der Waals surface area contributed by atoms with Gasteiger partial charge in [0.25, 0.3) is 0 Å². The minimum absolute atomic E-state index is 0.556. The number of hydrogen-bond acceptors (Lipinski definition) is 3. The van der Waals surface area contributed by atoms with Crippen molar-refractivity contribution in [2.24, 2.45) is 0 Å². The maximum absolute atomic E-state index is 4.25. The van der Waals surface area contributed by atoms with Crippen molar-refractivity contribution in [1.29, 1.82) is 0 Å². The summed E-state index contributed by atoms with van der Waals surface area (Å²) in [4.78, 5) is 4.25. The van der Waals surface area contributed by atoms with E-state index in [1.807, 2.05) is 11.6 Å². The van der Waals surface area contributed by atoms with Crippen molar-refractivity contribution >= 4 is 11.3 Å².